The maximum atomic E-state index is 14.0. The van der Waals surface area contributed by atoms with Crippen LogP contribution in [0.25, 0.3) is 0 Å². The van der Waals surface area contributed by atoms with Gasteiger partial charge in [-0.1, -0.05) is 109 Å². The van der Waals surface area contributed by atoms with Crippen LogP contribution in [0.15, 0.2) is 128 Å². The molecule has 0 aromatic heterocycles. The van der Waals surface area contributed by atoms with Crippen molar-refractivity contribution in [2.45, 2.75) is 11.7 Å². The van der Waals surface area contributed by atoms with Crippen molar-refractivity contribution in [3.63, 3.8) is 0 Å². The van der Waals surface area contributed by atoms with Crippen molar-refractivity contribution in [1.29, 1.82) is 0 Å². The van der Waals surface area contributed by atoms with Crippen molar-refractivity contribution in [2.24, 2.45) is 0 Å². The van der Waals surface area contributed by atoms with Gasteiger partial charge < -0.3 is 9.47 Å². The van der Waals surface area contributed by atoms with Crippen molar-refractivity contribution in [2.75, 3.05) is 13.2 Å². The molecule has 4 aromatic rings. The topological polar surface area (TPSA) is 35.5 Å². The molecule has 0 amide bonds. The molecule has 35 heavy (non-hydrogen) atoms. The van der Waals surface area contributed by atoms with Gasteiger partial charge in [-0.15, -0.1) is 6.58 Å². The summed E-state index contributed by atoms with van der Waals surface area (Å²) in [6.45, 7) is 3.71. The lowest BCUT2D eigenvalue weighted by atomic mass is 9.80. The average molecular weight is 467 g/mol. The normalized spacial score (nSPS) is 12.1. The molecule has 0 unspecified atom stereocenters. The molecular formula is C31H27FO3. The van der Waals surface area contributed by atoms with E-state index in [1.807, 2.05) is 91.0 Å². The number of carbonyl (C=O) groups excluding carboxylic acids is 1. The molecule has 0 radical (unpaired) electrons. The molecule has 0 bridgehead atoms. The van der Waals surface area contributed by atoms with Gasteiger partial charge in [-0.05, 0) is 28.8 Å². The monoisotopic (exact) mass is 466 g/mol. The molecule has 1 atom stereocenters. The van der Waals surface area contributed by atoms with Crippen molar-refractivity contribution >= 4 is 5.78 Å². The van der Waals surface area contributed by atoms with Crippen molar-refractivity contribution in [3.8, 4) is 0 Å². The van der Waals surface area contributed by atoms with Crippen LogP contribution in [0.5, 0.6) is 0 Å². The minimum absolute atomic E-state index is 0.00318. The molecule has 0 aliphatic carbocycles. The smallest absolute Gasteiger partial charge is 0.191 e. The van der Waals surface area contributed by atoms with E-state index in [2.05, 4.69) is 6.58 Å². The third-order valence-corrected chi connectivity index (χ3v) is 5.87. The highest BCUT2D eigenvalue weighted by Crippen LogP contribution is 2.40. The highest BCUT2D eigenvalue weighted by atomic mass is 19.1. The van der Waals surface area contributed by atoms with Crippen LogP contribution in [0.4, 0.5) is 4.39 Å². The SMILES string of the molecule is C=C[C@@H](COC(c1ccccc1)(c1ccccc1)c1ccccc1)OCC(=O)c1ccccc1F. The summed E-state index contributed by atoms with van der Waals surface area (Å²) in [6.07, 6.45) is 1.02. The maximum absolute atomic E-state index is 14.0. The zero-order valence-electron chi connectivity index (χ0n) is 19.3. The molecule has 0 N–H and O–H groups in total. The summed E-state index contributed by atoms with van der Waals surface area (Å²) in [5.41, 5.74) is 1.97. The molecule has 0 spiro atoms. The Morgan fingerprint density at radius 3 is 1.69 bits per heavy atom. The number of rotatable bonds is 11. The number of halogens is 1. The van der Waals surface area contributed by atoms with E-state index in [0.717, 1.165) is 16.7 Å². The molecule has 0 saturated carbocycles. The Labute approximate surface area is 205 Å². The van der Waals surface area contributed by atoms with Crippen LogP contribution in [-0.2, 0) is 15.1 Å². The Kier molecular flexibility index (Phi) is 7.99. The maximum Gasteiger partial charge on any atom is 0.191 e. The van der Waals surface area contributed by atoms with Gasteiger partial charge in [-0.2, -0.15) is 0 Å². The third kappa shape index (κ3) is 5.46. The molecule has 0 aliphatic rings. The van der Waals surface area contributed by atoms with Crippen LogP contribution >= 0.6 is 0 Å². The first kappa shape index (κ1) is 24.3. The van der Waals surface area contributed by atoms with E-state index < -0.39 is 23.3 Å². The summed E-state index contributed by atoms with van der Waals surface area (Å²) < 4.78 is 26.5. The molecule has 0 fully saturated rings. The fraction of sp³-hybridized carbons (Fsp3) is 0.129. The van der Waals surface area contributed by atoms with Gasteiger partial charge in [0.05, 0.1) is 18.3 Å². The van der Waals surface area contributed by atoms with Gasteiger partial charge in [-0.3, -0.25) is 4.79 Å². The molecule has 4 rings (SSSR count). The molecule has 3 nitrogen and oxygen atoms in total. The summed E-state index contributed by atoms with van der Waals surface area (Å²) in [6, 6.07) is 35.9. The van der Waals surface area contributed by atoms with E-state index in [9.17, 15) is 9.18 Å². The Hall–Kier alpha value is -3.86. The van der Waals surface area contributed by atoms with Crippen LogP contribution in [0.3, 0.4) is 0 Å². The highest BCUT2D eigenvalue weighted by molar-refractivity contribution is 5.97. The number of hydrogen-bond donors (Lipinski definition) is 0. The van der Waals surface area contributed by atoms with E-state index in [1.54, 1.807) is 18.2 Å². The third-order valence-electron chi connectivity index (χ3n) is 5.87. The standard InChI is InChI=1S/C31H27FO3/c1-2-27(34-23-30(33)28-20-12-13-21-29(28)32)22-35-31(24-14-6-3-7-15-24,25-16-8-4-9-17-25)26-18-10-5-11-19-26/h2-21,27H,1,22-23H2/t27-/m0/s1. The molecule has 176 valence electrons. The zero-order chi connectivity index (χ0) is 24.5. The van der Waals surface area contributed by atoms with Crippen LogP contribution in [0.2, 0.25) is 0 Å². The van der Waals surface area contributed by atoms with Crippen molar-refractivity contribution in [3.05, 3.63) is 156 Å². The predicted molar refractivity (Wildman–Crippen MR) is 136 cm³/mol. The Bertz CT molecular complexity index is 1140. The lowest BCUT2D eigenvalue weighted by Gasteiger charge is -2.36. The van der Waals surface area contributed by atoms with E-state index >= 15 is 0 Å². The van der Waals surface area contributed by atoms with Crippen LogP contribution < -0.4 is 0 Å². The van der Waals surface area contributed by atoms with Crippen molar-refractivity contribution in [1.82, 2.24) is 0 Å². The van der Waals surface area contributed by atoms with Gasteiger partial charge in [0.2, 0.25) is 0 Å². The lowest BCUT2D eigenvalue weighted by molar-refractivity contribution is -0.0445. The van der Waals surface area contributed by atoms with Crippen LogP contribution in [0.1, 0.15) is 27.0 Å². The molecule has 0 saturated heterocycles. The van der Waals surface area contributed by atoms with Crippen LogP contribution in [0, 0.1) is 5.82 Å². The molecular weight excluding hydrogens is 439 g/mol. The predicted octanol–water partition coefficient (Wildman–Crippen LogP) is 6.59. The number of benzene rings is 4. The average Bonchev–Trinajstić information content (AvgIpc) is 2.92. The van der Waals surface area contributed by atoms with Gasteiger partial charge >= 0.3 is 0 Å². The summed E-state index contributed by atoms with van der Waals surface area (Å²) in [7, 11) is 0. The van der Waals surface area contributed by atoms with Gasteiger partial charge in [0.25, 0.3) is 0 Å². The van der Waals surface area contributed by atoms with E-state index in [0.29, 0.717) is 0 Å². The quantitative estimate of drug-likeness (QED) is 0.142. The lowest BCUT2D eigenvalue weighted by Crippen LogP contribution is -2.36. The molecule has 0 heterocycles. The van der Waals surface area contributed by atoms with Gasteiger partial charge in [0.1, 0.15) is 18.0 Å². The largest absolute Gasteiger partial charge is 0.364 e. The Balaban J connectivity index is 1.63. The number of hydrogen-bond acceptors (Lipinski definition) is 3. The second kappa shape index (κ2) is 11.5. The zero-order valence-corrected chi connectivity index (χ0v) is 19.3. The fourth-order valence-electron chi connectivity index (χ4n) is 4.11. The number of ketones is 1. The number of carbonyl (C=O) groups is 1. The first-order valence-electron chi connectivity index (χ1n) is 11.5. The molecule has 4 aromatic carbocycles. The van der Waals surface area contributed by atoms with E-state index in [-0.39, 0.29) is 18.8 Å². The van der Waals surface area contributed by atoms with E-state index in [4.69, 9.17) is 9.47 Å². The number of ether oxygens (including phenoxy) is 2. The molecule has 4 heteroatoms. The summed E-state index contributed by atoms with van der Waals surface area (Å²) in [4.78, 5) is 12.5. The Morgan fingerprint density at radius 1 is 0.771 bits per heavy atom. The summed E-state index contributed by atoms with van der Waals surface area (Å²) in [5, 5.41) is 0. The minimum atomic E-state index is -0.913. The first-order valence-corrected chi connectivity index (χ1v) is 11.5. The second-order valence-corrected chi connectivity index (χ2v) is 8.08. The summed E-state index contributed by atoms with van der Waals surface area (Å²) >= 11 is 0. The number of Topliss-reactive ketones (excluding diaryl/α,β-unsaturated/α-hetero) is 1. The van der Waals surface area contributed by atoms with Crippen molar-refractivity contribution < 1.29 is 18.7 Å². The summed E-state index contributed by atoms with van der Waals surface area (Å²) in [5.74, 6) is -1.00. The second-order valence-electron chi connectivity index (χ2n) is 8.08. The Morgan fingerprint density at radius 2 is 1.23 bits per heavy atom. The van der Waals surface area contributed by atoms with Crippen LogP contribution in [-0.4, -0.2) is 25.1 Å². The van der Waals surface area contributed by atoms with Gasteiger partial charge in [0, 0.05) is 0 Å². The van der Waals surface area contributed by atoms with Gasteiger partial charge in [0.15, 0.2) is 5.78 Å². The minimum Gasteiger partial charge on any atom is -0.364 e. The first-order chi connectivity index (χ1) is 17.1. The van der Waals surface area contributed by atoms with E-state index in [1.165, 1.54) is 12.1 Å². The fourth-order valence-corrected chi connectivity index (χ4v) is 4.11. The molecule has 0 aliphatic heterocycles. The van der Waals surface area contributed by atoms with Gasteiger partial charge in [-0.25, -0.2) is 4.39 Å². The highest BCUT2D eigenvalue weighted by Gasteiger charge is 2.38.